The van der Waals surface area contributed by atoms with Gasteiger partial charge in [0.1, 0.15) is 0 Å². The Kier molecular flexibility index (Phi) is 5.76. The Hall–Kier alpha value is -0.0800. The number of nitrogens with one attached hydrogen (secondary N) is 1. The summed E-state index contributed by atoms with van der Waals surface area (Å²) in [6, 6.07) is 0.709. The lowest BCUT2D eigenvalue weighted by atomic mass is 9.68. The van der Waals surface area contributed by atoms with Gasteiger partial charge >= 0.3 is 0 Å². The van der Waals surface area contributed by atoms with Crippen molar-refractivity contribution in [3.8, 4) is 0 Å². The summed E-state index contributed by atoms with van der Waals surface area (Å²) in [4.78, 5) is 2.76. The van der Waals surface area contributed by atoms with E-state index in [0.717, 1.165) is 17.9 Å². The van der Waals surface area contributed by atoms with Crippen LogP contribution in [0.4, 0.5) is 0 Å². The van der Waals surface area contributed by atoms with Crippen molar-refractivity contribution in [2.45, 2.75) is 91.1 Å². The second kappa shape index (κ2) is 7.00. The molecule has 2 rings (SSSR count). The van der Waals surface area contributed by atoms with Crippen LogP contribution in [0.5, 0.6) is 0 Å². The smallest absolute Gasteiger partial charge is 0.0105 e. The maximum Gasteiger partial charge on any atom is 0.0105 e. The van der Waals surface area contributed by atoms with E-state index in [1.165, 1.54) is 58.0 Å². The normalized spacial score (nSPS) is 26.7. The molecule has 0 bridgehead atoms. The van der Waals surface area contributed by atoms with Gasteiger partial charge in [-0.15, -0.1) is 0 Å². The van der Waals surface area contributed by atoms with Crippen molar-refractivity contribution in [1.82, 2.24) is 10.2 Å². The first-order chi connectivity index (χ1) is 9.81. The molecule has 1 saturated carbocycles. The number of hydrogen-bond donors (Lipinski definition) is 1. The Labute approximate surface area is 133 Å². The first-order valence-corrected chi connectivity index (χ1v) is 9.30. The van der Waals surface area contributed by atoms with Crippen LogP contribution in [0.25, 0.3) is 0 Å². The molecule has 0 radical (unpaired) electrons. The van der Waals surface area contributed by atoms with Crippen molar-refractivity contribution in [2.75, 3.05) is 19.6 Å². The summed E-state index contributed by atoms with van der Waals surface area (Å²) < 4.78 is 0. The van der Waals surface area contributed by atoms with E-state index in [4.69, 9.17) is 0 Å². The molecule has 1 aliphatic heterocycles. The molecule has 21 heavy (non-hydrogen) atoms. The Balaban J connectivity index is 1.78. The molecule has 124 valence electrons. The summed E-state index contributed by atoms with van der Waals surface area (Å²) in [6.07, 6.45) is 10.4. The minimum Gasteiger partial charge on any atom is -0.312 e. The molecule has 1 spiro atoms. The van der Waals surface area contributed by atoms with Crippen LogP contribution >= 0.6 is 0 Å². The van der Waals surface area contributed by atoms with E-state index < -0.39 is 0 Å². The highest BCUT2D eigenvalue weighted by molar-refractivity contribution is 4.90. The highest BCUT2D eigenvalue weighted by Gasteiger charge is 2.37. The number of nitrogens with zero attached hydrogens (tertiary/aromatic N) is 1. The minimum absolute atomic E-state index is 0.238. The van der Waals surface area contributed by atoms with Gasteiger partial charge in [-0.25, -0.2) is 0 Å². The van der Waals surface area contributed by atoms with Crippen molar-refractivity contribution in [2.24, 2.45) is 11.3 Å². The number of hydrogen-bond acceptors (Lipinski definition) is 2. The SMILES string of the molecule is CC(CNC(C)(C)C)C(C)N1CCC2(CCCCC2)CC1. The Morgan fingerprint density at radius 2 is 1.52 bits per heavy atom. The third-order valence-electron chi connectivity index (χ3n) is 6.13. The third kappa shape index (κ3) is 4.96. The quantitative estimate of drug-likeness (QED) is 0.824. The van der Waals surface area contributed by atoms with E-state index >= 15 is 0 Å². The van der Waals surface area contributed by atoms with Crippen LogP contribution in [-0.4, -0.2) is 36.1 Å². The minimum atomic E-state index is 0.238. The Morgan fingerprint density at radius 3 is 2.05 bits per heavy atom. The van der Waals surface area contributed by atoms with Gasteiger partial charge in [0.2, 0.25) is 0 Å². The summed E-state index contributed by atoms with van der Waals surface area (Å²) in [5.74, 6) is 0.727. The van der Waals surface area contributed by atoms with Gasteiger partial charge in [-0.05, 0) is 84.3 Å². The second-order valence-corrected chi connectivity index (χ2v) is 8.95. The van der Waals surface area contributed by atoms with Crippen LogP contribution in [0, 0.1) is 11.3 Å². The highest BCUT2D eigenvalue weighted by atomic mass is 15.2. The molecular weight excluding hydrogens is 256 g/mol. The largest absolute Gasteiger partial charge is 0.312 e. The van der Waals surface area contributed by atoms with Crippen LogP contribution in [0.1, 0.15) is 79.6 Å². The maximum absolute atomic E-state index is 3.67. The average Bonchev–Trinajstić information content (AvgIpc) is 2.45. The predicted octanol–water partition coefficient (Wildman–Crippen LogP) is 4.45. The van der Waals surface area contributed by atoms with E-state index in [-0.39, 0.29) is 5.54 Å². The fraction of sp³-hybridized carbons (Fsp3) is 1.00. The highest BCUT2D eigenvalue weighted by Crippen LogP contribution is 2.44. The van der Waals surface area contributed by atoms with Gasteiger partial charge in [-0.1, -0.05) is 26.2 Å². The van der Waals surface area contributed by atoms with Gasteiger partial charge in [0.25, 0.3) is 0 Å². The number of rotatable bonds is 4. The number of piperidine rings is 1. The van der Waals surface area contributed by atoms with E-state index in [0.29, 0.717) is 6.04 Å². The van der Waals surface area contributed by atoms with Gasteiger partial charge < -0.3 is 10.2 Å². The van der Waals surface area contributed by atoms with Crippen molar-refractivity contribution >= 4 is 0 Å². The van der Waals surface area contributed by atoms with E-state index in [9.17, 15) is 0 Å². The van der Waals surface area contributed by atoms with Gasteiger partial charge in [0.05, 0.1) is 0 Å². The zero-order valence-corrected chi connectivity index (χ0v) is 15.2. The van der Waals surface area contributed by atoms with Crippen molar-refractivity contribution in [1.29, 1.82) is 0 Å². The predicted molar refractivity (Wildman–Crippen MR) is 92.7 cm³/mol. The lowest BCUT2D eigenvalue weighted by molar-refractivity contribution is 0.0353. The molecule has 1 aliphatic carbocycles. The summed E-state index contributed by atoms with van der Waals surface area (Å²) in [5.41, 5.74) is 0.976. The van der Waals surface area contributed by atoms with E-state index in [2.05, 4.69) is 44.8 Å². The van der Waals surface area contributed by atoms with Crippen LogP contribution in [0.3, 0.4) is 0 Å². The zero-order chi connectivity index (χ0) is 15.5. The van der Waals surface area contributed by atoms with Crippen LogP contribution in [0.2, 0.25) is 0 Å². The fourth-order valence-electron chi connectivity index (χ4n) is 4.21. The molecule has 2 unspecified atom stereocenters. The van der Waals surface area contributed by atoms with Gasteiger partial charge in [0.15, 0.2) is 0 Å². The molecule has 0 aromatic rings. The first kappa shape index (κ1) is 17.3. The molecular formula is C19H38N2. The van der Waals surface area contributed by atoms with Gasteiger partial charge in [-0.2, -0.15) is 0 Å². The van der Waals surface area contributed by atoms with E-state index in [1.54, 1.807) is 0 Å². The Morgan fingerprint density at radius 1 is 0.952 bits per heavy atom. The molecule has 0 aromatic heterocycles. The molecule has 1 saturated heterocycles. The topological polar surface area (TPSA) is 15.3 Å². The average molecular weight is 295 g/mol. The van der Waals surface area contributed by atoms with Crippen molar-refractivity contribution < 1.29 is 0 Å². The van der Waals surface area contributed by atoms with Crippen LogP contribution < -0.4 is 5.32 Å². The second-order valence-electron chi connectivity index (χ2n) is 8.95. The molecule has 2 fully saturated rings. The lowest BCUT2D eigenvalue weighted by Crippen LogP contribution is -2.49. The van der Waals surface area contributed by atoms with Crippen molar-refractivity contribution in [3.05, 3.63) is 0 Å². The summed E-state index contributed by atoms with van der Waals surface area (Å²) in [7, 11) is 0. The molecule has 2 aliphatic rings. The lowest BCUT2D eigenvalue weighted by Gasteiger charge is -2.47. The van der Waals surface area contributed by atoms with Gasteiger partial charge in [0, 0.05) is 11.6 Å². The maximum atomic E-state index is 3.67. The monoisotopic (exact) mass is 294 g/mol. The van der Waals surface area contributed by atoms with Crippen molar-refractivity contribution in [3.63, 3.8) is 0 Å². The third-order valence-corrected chi connectivity index (χ3v) is 6.13. The Bertz CT molecular complexity index is 302. The first-order valence-electron chi connectivity index (χ1n) is 9.30. The number of likely N-dealkylation sites (tertiary alicyclic amines) is 1. The molecule has 0 aromatic carbocycles. The van der Waals surface area contributed by atoms with E-state index in [1.807, 2.05) is 0 Å². The van der Waals surface area contributed by atoms with Crippen LogP contribution in [0.15, 0.2) is 0 Å². The van der Waals surface area contributed by atoms with Crippen LogP contribution in [-0.2, 0) is 0 Å². The molecule has 0 amide bonds. The zero-order valence-electron chi connectivity index (χ0n) is 15.2. The molecule has 1 N–H and O–H groups in total. The molecule has 2 atom stereocenters. The van der Waals surface area contributed by atoms with Gasteiger partial charge in [-0.3, -0.25) is 0 Å². The standard InChI is InChI=1S/C19H38N2/c1-16(15-20-18(3,4)5)17(2)21-13-11-19(12-14-21)9-7-6-8-10-19/h16-17,20H,6-15H2,1-5H3. The summed E-state index contributed by atoms with van der Waals surface area (Å²) in [5, 5.41) is 3.67. The fourth-order valence-corrected chi connectivity index (χ4v) is 4.21. The molecule has 2 heteroatoms. The summed E-state index contributed by atoms with van der Waals surface area (Å²) in [6.45, 7) is 15.4. The summed E-state index contributed by atoms with van der Waals surface area (Å²) >= 11 is 0. The molecule has 1 heterocycles. The molecule has 2 nitrogen and oxygen atoms in total.